The van der Waals surface area contributed by atoms with E-state index in [9.17, 15) is 14.0 Å². The van der Waals surface area contributed by atoms with Crippen molar-refractivity contribution in [1.82, 2.24) is 5.32 Å². The van der Waals surface area contributed by atoms with Gasteiger partial charge in [-0.25, -0.2) is 4.39 Å². The fraction of sp³-hybridized carbons (Fsp3) is 0.391. The average Bonchev–Trinajstić information content (AvgIpc) is 3.35. The fourth-order valence-corrected chi connectivity index (χ4v) is 4.27. The first kappa shape index (κ1) is 18.7. The Bertz CT molecular complexity index is 873. The van der Waals surface area contributed by atoms with Crippen LogP contribution >= 0.6 is 0 Å². The van der Waals surface area contributed by atoms with Gasteiger partial charge < -0.3 is 10.2 Å². The first-order valence-electron chi connectivity index (χ1n) is 10.1. The van der Waals surface area contributed by atoms with Gasteiger partial charge in [0.1, 0.15) is 5.82 Å². The van der Waals surface area contributed by atoms with Crippen LogP contribution in [0.5, 0.6) is 0 Å². The van der Waals surface area contributed by atoms with Crippen LogP contribution in [0.3, 0.4) is 0 Å². The number of fused-ring (bicyclic) bond motifs is 1. The summed E-state index contributed by atoms with van der Waals surface area (Å²) < 4.78 is 13.1. The van der Waals surface area contributed by atoms with E-state index in [0.29, 0.717) is 31.0 Å². The van der Waals surface area contributed by atoms with Crippen LogP contribution < -0.4 is 10.2 Å². The molecule has 0 radical (unpaired) electrons. The van der Waals surface area contributed by atoms with E-state index in [1.54, 1.807) is 4.90 Å². The number of hydrogen-bond donors (Lipinski definition) is 1. The molecule has 1 saturated carbocycles. The molecule has 1 fully saturated rings. The maximum atomic E-state index is 13.1. The summed E-state index contributed by atoms with van der Waals surface area (Å²) >= 11 is 0. The van der Waals surface area contributed by atoms with Crippen molar-refractivity contribution in [2.75, 3.05) is 11.4 Å². The molecule has 0 aromatic heterocycles. The number of amides is 2. The SMILES string of the molecule is O=C(CC1CCCC1)NCc1ccc2c(c1)CCN2C(=O)c1ccc(F)cc1. The van der Waals surface area contributed by atoms with Crippen molar-refractivity contribution in [2.24, 2.45) is 5.92 Å². The van der Waals surface area contributed by atoms with E-state index >= 15 is 0 Å². The number of halogens is 1. The van der Waals surface area contributed by atoms with Gasteiger partial charge in [-0.2, -0.15) is 0 Å². The van der Waals surface area contributed by atoms with E-state index in [0.717, 1.165) is 23.2 Å². The molecule has 1 aliphatic carbocycles. The fourth-order valence-electron chi connectivity index (χ4n) is 4.27. The molecule has 2 aliphatic rings. The largest absolute Gasteiger partial charge is 0.352 e. The number of nitrogens with one attached hydrogen (secondary N) is 1. The third-order valence-corrected chi connectivity index (χ3v) is 5.81. The third-order valence-electron chi connectivity index (χ3n) is 5.81. The number of carbonyl (C=O) groups excluding carboxylic acids is 2. The minimum absolute atomic E-state index is 0.114. The summed E-state index contributed by atoms with van der Waals surface area (Å²) in [5.41, 5.74) is 3.54. The van der Waals surface area contributed by atoms with Crippen molar-refractivity contribution in [3.8, 4) is 0 Å². The highest BCUT2D eigenvalue weighted by atomic mass is 19.1. The predicted octanol–water partition coefficient (Wildman–Crippen LogP) is 4.23. The smallest absolute Gasteiger partial charge is 0.258 e. The van der Waals surface area contributed by atoms with Crippen molar-refractivity contribution in [1.29, 1.82) is 0 Å². The molecule has 4 rings (SSSR count). The van der Waals surface area contributed by atoms with Crippen LogP contribution in [0.1, 0.15) is 53.6 Å². The lowest BCUT2D eigenvalue weighted by molar-refractivity contribution is -0.122. The first-order chi connectivity index (χ1) is 13.6. The van der Waals surface area contributed by atoms with Gasteiger partial charge in [0.25, 0.3) is 5.91 Å². The number of hydrogen-bond acceptors (Lipinski definition) is 2. The van der Waals surface area contributed by atoms with Gasteiger partial charge in [0.05, 0.1) is 0 Å². The number of anilines is 1. The Morgan fingerprint density at radius 2 is 1.82 bits per heavy atom. The molecule has 146 valence electrons. The Hall–Kier alpha value is -2.69. The van der Waals surface area contributed by atoms with Crippen LogP contribution in [0.2, 0.25) is 0 Å². The zero-order chi connectivity index (χ0) is 19.5. The standard InChI is InChI=1S/C23H25FN2O2/c24-20-8-6-18(7-9-20)23(28)26-12-11-19-13-17(5-10-21(19)26)15-25-22(27)14-16-3-1-2-4-16/h5-10,13,16H,1-4,11-12,14-15H2,(H,25,27). The van der Waals surface area contributed by atoms with Crippen LogP contribution in [-0.4, -0.2) is 18.4 Å². The van der Waals surface area contributed by atoms with Crippen molar-refractivity contribution < 1.29 is 14.0 Å². The maximum absolute atomic E-state index is 13.1. The van der Waals surface area contributed by atoms with Crippen molar-refractivity contribution in [3.05, 3.63) is 65.0 Å². The molecule has 2 aromatic carbocycles. The van der Waals surface area contributed by atoms with Gasteiger partial charge >= 0.3 is 0 Å². The molecule has 1 N–H and O–H groups in total. The van der Waals surface area contributed by atoms with E-state index in [-0.39, 0.29) is 17.6 Å². The minimum Gasteiger partial charge on any atom is -0.352 e. The van der Waals surface area contributed by atoms with Gasteiger partial charge in [0, 0.05) is 30.8 Å². The monoisotopic (exact) mass is 380 g/mol. The van der Waals surface area contributed by atoms with E-state index in [1.165, 1.54) is 49.9 Å². The molecule has 4 nitrogen and oxygen atoms in total. The summed E-state index contributed by atoms with van der Waals surface area (Å²) in [5, 5.41) is 3.03. The molecular formula is C23H25FN2O2. The summed E-state index contributed by atoms with van der Waals surface area (Å²) in [6.07, 6.45) is 6.25. The van der Waals surface area contributed by atoms with E-state index < -0.39 is 0 Å². The van der Waals surface area contributed by atoms with E-state index in [2.05, 4.69) is 11.4 Å². The lowest BCUT2D eigenvalue weighted by Gasteiger charge is -2.18. The van der Waals surface area contributed by atoms with Gasteiger partial charge in [0.2, 0.25) is 5.91 Å². The molecule has 2 aromatic rings. The Balaban J connectivity index is 1.38. The Labute approximate surface area is 164 Å². The van der Waals surface area contributed by atoms with E-state index in [1.807, 2.05) is 12.1 Å². The Morgan fingerprint density at radius 1 is 1.07 bits per heavy atom. The summed E-state index contributed by atoms with van der Waals surface area (Å²) in [6, 6.07) is 11.6. The molecule has 28 heavy (non-hydrogen) atoms. The highest BCUT2D eigenvalue weighted by Crippen LogP contribution is 2.30. The Kier molecular flexibility index (Phi) is 5.42. The quantitative estimate of drug-likeness (QED) is 0.844. The van der Waals surface area contributed by atoms with Gasteiger partial charge in [-0.1, -0.05) is 25.0 Å². The second kappa shape index (κ2) is 8.13. The van der Waals surface area contributed by atoms with Gasteiger partial charge in [-0.15, -0.1) is 0 Å². The zero-order valence-corrected chi connectivity index (χ0v) is 15.9. The van der Waals surface area contributed by atoms with Crippen molar-refractivity contribution in [3.63, 3.8) is 0 Å². The van der Waals surface area contributed by atoms with E-state index in [4.69, 9.17) is 0 Å². The summed E-state index contributed by atoms with van der Waals surface area (Å²) in [6.45, 7) is 1.13. The number of carbonyl (C=O) groups is 2. The molecule has 1 aliphatic heterocycles. The lowest BCUT2D eigenvalue weighted by atomic mass is 10.0. The highest BCUT2D eigenvalue weighted by molar-refractivity contribution is 6.07. The number of benzene rings is 2. The Morgan fingerprint density at radius 3 is 2.57 bits per heavy atom. The van der Waals surface area contributed by atoms with Crippen LogP contribution in [0.15, 0.2) is 42.5 Å². The molecule has 0 spiro atoms. The third kappa shape index (κ3) is 4.08. The maximum Gasteiger partial charge on any atom is 0.258 e. The molecule has 0 unspecified atom stereocenters. The van der Waals surface area contributed by atoms with Crippen molar-refractivity contribution >= 4 is 17.5 Å². The molecular weight excluding hydrogens is 355 g/mol. The molecule has 5 heteroatoms. The summed E-state index contributed by atoms with van der Waals surface area (Å²) in [5.74, 6) is 0.209. The van der Waals surface area contributed by atoms with Crippen molar-refractivity contribution in [2.45, 2.75) is 45.1 Å². The molecule has 1 heterocycles. The highest BCUT2D eigenvalue weighted by Gasteiger charge is 2.26. The predicted molar refractivity (Wildman–Crippen MR) is 107 cm³/mol. The number of rotatable bonds is 5. The average molecular weight is 380 g/mol. The van der Waals surface area contributed by atoms with Crippen LogP contribution in [0.25, 0.3) is 0 Å². The summed E-state index contributed by atoms with van der Waals surface area (Å²) in [4.78, 5) is 26.6. The number of nitrogens with zero attached hydrogens (tertiary/aromatic N) is 1. The second-order valence-corrected chi connectivity index (χ2v) is 7.81. The second-order valence-electron chi connectivity index (χ2n) is 7.81. The van der Waals surface area contributed by atoms with Crippen LogP contribution in [-0.2, 0) is 17.8 Å². The van der Waals surface area contributed by atoms with Gasteiger partial charge in [0.15, 0.2) is 0 Å². The molecule has 0 saturated heterocycles. The zero-order valence-electron chi connectivity index (χ0n) is 15.9. The lowest BCUT2D eigenvalue weighted by Crippen LogP contribution is -2.28. The normalized spacial score (nSPS) is 16.2. The molecule has 0 bridgehead atoms. The van der Waals surface area contributed by atoms with Gasteiger partial charge in [-0.05, 0) is 66.6 Å². The minimum atomic E-state index is -0.349. The molecule has 0 atom stereocenters. The first-order valence-corrected chi connectivity index (χ1v) is 10.1. The summed E-state index contributed by atoms with van der Waals surface area (Å²) in [7, 11) is 0. The van der Waals surface area contributed by atoms with Crippen LogP contribution in [0, 0.1) is 11.7 Å². The van der Waals surface area contributed by atoms with Gasteiger partial charge in [-0.3, -0.25) is 9.59 Å². The molecule has 2 amide bonds. The van der Waals surface area contributed by atoms with Crippen LogP contribution in [0.4, 0.5) is 10.1 Å². The topological polar surface area (TPSA) is 49.4 Å².